The first-order valence-electron chi connectivity index (χ1n) is 6.61. The van der Waals surface area contributed by atoms with Gasteiger partial charge >= 0.3 is 0 Å². The fraction of sp³-hybridized carbons (Fsp3) is 0.400. The number of thiazole rings is 1. The molecule has 1 heterocycles. The molecule has 0 amide bonds. The Kier molecular flexibility index (Phi) is 4.98. The second-order valence-corrected chi connectivity index (χ2v) is 5.80. The molecule has 0 aliphatic carbocycles. The summed E-state index contributed by atoms with van der Waals surface area (Å²) in [6, 6.07) is 8.48. The van der Waals surface area contributed by atoms with Gasteiger partial charge in [-0.05, 0) is 31.7 Å². The molecular weight excluding hydrogens is 270 g/mol. The summed E-state index contributed by atoms with van der Waals surface area (Å²) in [5.74, 6) is 0.885. The quantitative estimate of drug-likeness (QED) is 0.887. The molecule has 4 nitrogen and oxygen atoms in total. The maximum Gasteiger partial charge on any atom is 0.185 e. The van der Waals surface area contributed by atoms with Crippen LogP contribution < -0.4 is 15.0 Å². The number of ether oxygens (including phenoxy) is 1. The SMILES string of the molecule is CNC(C)c1cnc(N(C)Cc2ccc(OC)cc2)s1. The zero-order valence-corrected chi connectivity index (χ0v) is 13.2. The lowest BCUT2D eigenvalue weighted by Crippen LogP contribution is -2.15. The van der Waals surface area contributed by atoms with Gasteiger partial charge in [-0.15, -0.1) is 11.3 Å². The Labute approximate surface area is 124 Å². The fourth-order valence-corrected chi connectivity index (χ4v) is 2.80. The van der Waals surface area contributed by atoms with Crippen LogP contribution in [0.25, 0.3) is 0 Å². The van der Waals surface area contributed by atoms with Crippen molar-refractivity contribution < 1.29 is 4.74 Å². The van der Waals surface area contributed by atoms with Gasteiger partial charge in [0.25, 0.3) is 0 Å². The van der Waals surface area contributed by atoms with Crippen molar-refractivity contribution >= 4 is 16.5 Å². The largest absolute Gasteiger partial charge is 0.497 e. The standard InChI is InChI=1S/C15H21N3OS/c1-11(16-2)14-9-17-15(20-14)18(3)10-12-5-7-13(19-4)8-6-12/h5-9,11,16H,10H2,1-4H3. The molecule has 0 fully saturated rings. The van der Waals surface area contributed by atoms with Crippen LogP contribution in [-0.4, -0.2) is 26.2 Å². The summed E-state index contributed by atoms with van der Waals surface area (Å²) in [5, 5.41) is 4.27. The lowest BCUT2D eigenvalue weighted by atomic mass is 10.2. The normalized spacial score (nSPS) is 12.2. The molecule has 108 valence electrons. The van der Waals surface area contributed by atoms with E-state index in [2.05, 4.69) is 41.3 Å². The van der Waals surface area contributed by atoms with Gasteiger partial charge in [-0.1, -0.05) is 12.1 Å². The van der Waals surface area contributed by atoms with Crippen molar-refractivity contribution in [3.8, 4) is 5.75 Å². The van der Waals surface area contributed by atoms with Gasteiger partial charge in [0.05, 0.1) is 7.11 Å². The van der Waals surface area contributed by atoms with E-state index >= 15 is 0 Å². The minimum Gasteiger partial charge on any atom is -0.497 e. The summed E-state index contributed by atoms with van der Waals surface area (Å²) in [6.45, 7) is 2.98. The third kappa shape index (κ3) is 3.49. The minimum atomic E-state index is 0.343. The fourth-order valence-electron chi connectivity index (χ4n) is 1.87. The molecule has 0 radical (unpaired) electrons. The number of aromatic nitrogens is 1. The summed E-state index contributed by atoms with van der Waals surface area (Å²) >= 11 is 1.73. The average Bonchev–Trinajstić information content (AvgIpc) is 2.97. The minimum absolute atomic E-state index is 0.343. The second-order valence-electron chi connectivity index (χ2n) is 4.76. The van der Waals surface area contributed by atoms with Gasteiger partial charge in [-0.2, -0.15) is 0 Å². The average molecular weight is 291 g/mol. The first kappa shape index (κ1) is 14.8. The number of nitrogens with zero attached hydrogens (tertiary/aromatic N) is 2. The van der Waals surface area contributed by atoms with E-state index in [1.807, 2.05) is 25.4 Å². The van der Waals surface area contributed by atoms with E-state index < -0.39 is 0 Å². The van der Waals surface area contributed by atoms with E-state index in [4.69, 9.17) is 4.74 Å². The molecule has 1 atom stereocenters. The summed E-state index contributed by atoms with van der Waals surface area (Å²) in [5.41, 5.74) is 1.24. The number of rotatable bonds is 6. The predicted octanol–water partition coefficient (Wildman–Crippen LogP) is 3.07. The van der Waals surface area contributed by atoms with E-state index in [-0.39, 0.29) is 0 Å². The molecule has 1 aromatic carbocycles. The van der Waals surface area contributed by atoms with E-state index in [1.165, 1.54) is 10.4 Å². The molecule has 0 saturated carbocycles. The van der Waals surface area contributed by atoms with Crippen molar-refractivity contribution in [1.29, 1.82) is 0 Å². The molecule has 2 aromatic rings. The summed E-state index contributed by atoms with van der Waals surface area (Å²) in [6.07, 6.45) is 1.95. The van der Waals surface area contributed by atoms with Gasteiger partial charge in [0.1, 0.15) is 5.75 Å². The summed E-state index contributed by atoms with van der Waals surface area (Å²) < 4.78 is 5.17. The van der Waals surface area contributed by atoms with Crippen LogP contribution in [-0.2, 0) is 6.54 Å². The number of hydrogen-bond donors (Lipinski definition) is 1. The first-order chi connectivity index (χ1) is 9.63. The zero-order chi connectivity index (χ0) is 14.5. The van der Waals surface area contributed by atoms with E-state index in [0.29, 0.717) is 6.04 Å². The Morgan fingerprint density at radius 2 is 2.05 bits per heavy atom. The van der Waals surface area contributed by atoms with Crippen molar-refractivity contribution in [2.75, 3.05) is 26.1 Å². The van der Waals surface area contributed by atoms with Crippen molar-refractivity contribution in [1.82, 2.24) is 10.3 Å². The van der Waals surface area contributed by atoms with Gasteiger partial charge in [-0.25, -0.2) is 4.98 Å². The molecule has 1 aromatic heterocycles. The number of anilines is 1. The van der Waals surface area contributed by atoms with Crippen molar-refractivity contribution in [2.24, 2.45) is 0 Å². The third-order valence-electron chi connectivity index (χ3n) is 3.28. The molecule has 0 aliphatic rings. The van der Waals surface area contributed by atoms with E-state index in [1.54, 1.807) is 18.4 Å². The Hall–Kier alpha value is -1.59. The lowest BCUT2D eigenvalue weighted by molar-refractivity contribution is 0.414. The predicted molar refractivity (Wildman–Crippen MR) is 84.7 cm³/mol. The summed E-state index contributed by atoms with van der Waals surface area (Å²) in [7, 11) is 5.71. The van der Waals surface area contributed by atoms with E-state index in [0.717, 1.165) is 17.4 Å². The van der Waals surface area contributed by atoms with Crippen molar-refractivity contribution in [3.63, 3.8) is 0 Å². The van der Waals surface area contributed by atoms with Crippen LogP contribution in [0.3, 0.4) is 0 Å². The highest BCUT2D eigenvalue weighted by molar-refractivity contribution is 7.15. The first-order valence-corrected chi connectivity index (χ1v) is 7.42. The van der Waals surface area contributed by atoms with Gasteiger partial charge < -0.3 is 15.0 Å². The van der Waals surface area contributed by atoms with Crippen LogP contribution in [0.1, 0.15) is 23.4 Å². The maximum atomic E-state index is 5.17. The molecule has 5 heteroatoms. The Morgan fingerprint density at radius 1 is 1.35 bits per heavy atom. The highest BCUT2D eigenvalue weighted by Gasteiger charge is 2.11. The molecule has 0 spiro atoms. The molecule has 0 aliphatic heterocycles. The van der Waals surface area contributed by atoms with Crippen molar-refractivity contribution in [3.05, 3.63) is 40.9 Å². The smallest absolute Gasteiger partial charge is 0.185 e. The van der Waals surface area contributed by atoms with Crippen LogP contribution in [0.4, 0.5) is 5.13 Å². The second kappa shape index (κ2) is 6.72. The van der Waals surface area contributed by atoms with Crippen LogP contribution in [0.2, 0.25) is 0 Å². The molecular formula is C15H21N3OS. The Morgan fingerprint density at radius 3 is 2.65 bits per heavy atom. The lowest BCUT2D eigenvalue weighted by Gasteiger charge is -2.16. The third-order valence-corrected chi connectivity index (χ3v) is 4.57. The highest BCUT2D eigenvalue weighted by atomic mass is 32.1. The van der Waals surface area contributed by atoms with Gasteiger partial charge in [0, 0.05) is 30.7 Å². The number of hydrogen-bond acceptors (Lipinski definition) is 5. The topological polar surface area (TPSA) is 37.4 Å². The molecule has 0 saturated heterocycles. The van der Waals surface area contributed by atoms with Crippen LogP contribution in [0.5, 0.6) is 5.75 Å². The molecule has 2 rings (SSSR count). The van der Waals surface area contributed by atoms with Crippen LogP contribution in [0.15, 0.2) is 30.5 Å². The number of methoxy groups -OCH3 is 1. The Balaban J connectivity index is 2.03. The zero-order valence-electron chi connectivity index (χ0n) is 12.4. The Bertz CT molecular complexity index is 538. The van der Waals surface area contributed by atoms with Gasteiger partial charge in [-0.3, -0.25) is 0 Å². The van der Waals surface area contributed by atoms with Crippen LogP contribution in [0, 0.1) is 0 Å². The van der Waals surface area contributed by atoms with Gasteiger partial charge in [0.15, 0.2) is 5.13 Å². The monoisotopic (exact) mass is 291 g/mol. The van der Waals surface area contributed by atoms with Gasteiger partial charge in [0.2, 0.25) is 0 Å². The van der Waals surface area contributed by atoms with Crippen molar-refractivity contribution in [2.45, 2.75) is 19.5 Å². The molecule has 1 N–H and O–H groups in total. The molecule has 20 heavy (non-hydrogen) atoms. The molecule has 1 unspecified atom stereocenters. The maximum absolute atomic E-state index is 5.17. The summed E-state index contributed by atoms with van der Waals surface area (Å²) in [4.78, 5) is 7.91. The number of nitrogens with one attached hydrogen (secondary N) is 1. The number of benzene rings is 1. The highest BCUT2D eigenvalue weighted by Crippen LogP contribution is 2.27. The van der Waals surface area contributed by atoms with E-state index in [9.17, 15) is 0 Å². The molecule has 0 bridgehead atoms. The van der Waals surface area contributed by atoms with Crippen LogP contribution >= 0.6 is 11.3 Å².